The maximum Gasteiger partial charge on any atom is 0.416 e. The van der Waals surface area contributed by atoms with Crippen molar-refractivity contribution >= 4 is 23.1 Å². The number of alkyl halides is 3. The molecule has 0 aliphatic heterocycles. The number of nitrogens with zero attached hydrogens (tertiary/aromatic N) is 3. The molecule has 3 rings (SSSR count). The van der Waals surface area contributed by atoms with Gasteiger partial charge in [0, 0.05) is 5.92 Å². The Morgan fingerprint density at radius 3 is 2.50 bits per heavy atom. The van der Waals surface area contributed by atoms with Crippen LogP contribution in [0, 0.1) is 0 Å². The summed E-state index contributed by atoms with van der Waals surface area (Å²) in [6.07, 6.45) is -4.43. The highest BCUT2D eigenvalue weighted by Crippen LogP contribution is 2.32. The molecule has 0 aliphatic carbocycles. The van der Waals surface area contributed by atoms with Gasteiger partial charge in [0.05, 0.1) is 5.56 Å². The molecule has 0 amide bonds. The summed E-state index contributed by atoms with van der Waals surface area (Å²) in [6, 6.07) is 3.10. The van der Waals surface area contributed by atoms with Gasteiger partial charge in [0.15, 0.2) is 5.58 Å². The lowest BCUT2D eigenvalue weighted by atomic mass is 10.2. The molecule has 0 saturated carbocycles. The van der Waals surface area contributed by atoms with Crippen molar-refractivity contribution in [3.63, 3.8) is 0 Å². The molecule has 22 heavy (non-hydrogen) atoms. The molecule has 0 atom stereocenters. The quantitative estimate of drug-likeness (QED) is 0.784. The van der Waals surface area contributed by atoms with Crippen LogP contribution in [0.4, 0.5) is 25.2 Å². The number of rotatable bonds is 3. The highest BCUT2D eigenvalue weighted by atomic mass is 19.4. The summed E-state index contributed by atoms with van der Waals surface area (Å²) in [5.74, 6) is 0.485. The Kier molecular flexibility index (Phi) is 3.27. The summed E-state index contributed by atoms with van der Waals surface area (Å²) < 4.78 is 48.5. The van der Waals surface area contributed by atoms with Gasteiger partial charge in [0.2, 0.25) is 5.89 Å². The number of hydrogen-bond acceptors (Lipinski definition) is 6. The lowest BCUT2D eigenvalue weighted by Gasteiger charge is -2.04. The predicted octanol–water partition coefficient (Wildman–Crippen LogP) is 4.10. The molecule has 0 bridgehead atoms. The van der Waals surface area contributed by atoms with E-state index < -0.39 is 11.7 Å². The highest BCUT2D eigenvalue weighted by molar-refractivity contribution is 5.75. The fraction of sp³-hybridized carbons (Fsp3) is 0.308. The van der Waals surface area contributed by atoms with Crippen molar-refractivity contribution in [2.75, 3.05) is 5.32 Å². The second-order valence-electron chi connectivity index (χ2n) is 4.92. The summed E-state index contributed by atoms with van der Waals surface area (Å²) in [4.78, 5) is 3.93. The number of fused-ring (bicyclic) bond motifs is 1. The number of aromatic nitrogens is 3. The molecule has 1 N–H and O–H groups in total. The Morgan fingerprint density at radius 2 is 1.86 bits per heavy atom. The Balaban J connectivity index is 1.88. The molecule has 116 valence electrons. The first-order chi connectivity index (χ1) is 10.3. The zero-order valence-electron chi connectivity index (χ0n) is 11.6. The smallest absolute Gasteiger partial charge is 0.416 e. The Labute approximate surface area is 122 Å². The van der Waals surface area contributed by atoms with Crippen molar-refractivity contribution in [3.8, 4) is 0 Å². The molecule has 6 nitrogen and oxygen atoms in total. The lowest BCUT2D eigenvalue weighted by molar-refractivity contribution is -0.137. The van der Waals surface area contributed by atoms with E-state index in [4.69, 9.17) is 8.83 Å². The second-order valence-corrected chi connectivity index (χ2v) is 4.92. The van der Waals surface area contributed by atoms with E-state index in [-0.39, 0.29) is 29.0 Å². The van der Waals surface area contributed by atoms with Crippen molar-refractivity contribution in [3.05, 3.63) is 29.7 Å². The second kappa shape index (κ2) is 5.00. The minimum atomic E-state index is -4.43. The molecule has 0 spiro atoms. The molecule has 0 aliphatic rings. The minimum Gasteiger partial charge on any atom is -0.423 e. The van der Waals surface area contributed by atoms with E-state index in [1.165, 1.54) is 6.07 Å². The SMILES string of the molecule is CC(C)c1nnc(Nc2nc3cc(C(F)(F)F)ccc3o2)o1. The molecule has 3 aromatic rings. The molecule has 0 radical (unpaired) electrons. The molecule has 2 aromatic heterocycles. The zero-order valence-corrected chi connectivity index (χ0v) is 11.6. The van der Waals surface area contributed by atoms with E-state index in [1.54, 1.807) is 0 Å². The van der Waals surface area contributed by atoms with Gasteiger partial charge in [-0.3, -0.25) is 5.32 Å². The van der Waals surface area contributed by atoms with Crippen molar-refractivity contribution in [1.82, 2.24) is 15.2 Å². The summed E-state index contributed by atoms with van der Waals surface area (Å²) in [5, 5.41) is 10.2. The van der Waals surface area contributed by atoms with Crippen molar-refractivity contribution in [2.24, 2.45) is 0 Å². The van der Waals surface area contributed by atoms with Crippen LogP contribution in [0.5, 0.6) is 0 Å². The third-order valence-corrected chi connectivity index (χ3v) is 2.86. The number of oxazole rings is 1. The third-order valence-electron chi connectivity index (χ3n) is 2.86. The Morgan fingerprint density at radius 1 is 1.09 bits per heavy atom. The van der Waals surface area contributed by atoms with Gasteiger partial charge in [-0.05, 0) is 18.2 Å². The van der Waals surface area contributed by atoms with E-state index >= 15 is 0 Å². The molecule has 0 saturated heterocycles. The first kappa shape index (κ1) is 14.4. The third kappa shape index (κ3) is 2.74. The van der Waals surface area contributed by atoms with Crippen LogP contribution in [-0.4, -0.2) is 15.2 Å². The van der Waals surface area contributed by atoms with Gasteiger partial charge < -0.3 is 8.83 Å². The summed E-state index contributed by atoms with van der Waals surface area (Å²) >= 11 is 0. The molecular formula is C13H11F3N4O2. The monoisotopic (exact) mass is 312 g/mol. The molecule has 9 heteroatoms. The van der Waals surface area contributed by atoms with Crippen LogP contribution < -0.4 is 5.32 Å². The van der Waals surface area contributed by atoms with Crippen LogP contribution in [0.3, 0.4) is 0 Å². The van der Waals surface area contributed by atoms with E-state index in [2.05, 4.69) is 20.5 Å². The normalized spacial score (nSPS) is 12.3. The van der Waals surface area contributed by atoms with E-state index in [0.717, 1.165) is 12.1 Å². The zero-order chi connectivity index (χ0) is 15.9. The van der Waals surface area contributed by atoms with Crippen molar-refractivity contribution in [1.29, 1.82) is 0 Å². The fourth-order valence-electron chi connectivity index (χ4n) is 1.77. The molecule has 0 unspecified atom stereocenters. The van der Waals surface area contributed by atoms with Crippen LogP contribution in [0.15, 0.2) is 27.0 Å². The Bertz CT molecular complexity index is 807. The standard InChI is InChI=1S/C13H11F3N4O2/c1-6(2)10-19-20-12(22-10)18-11-17-8-5-7(13(14,15)16)3-4-9(8)21-11/h3-6H,1-2H3,(H,17,18,20). The van der Waals surface area contributed by atoms with Crippen LogP contribution in [0.1, 0.15) is 31.2 Å². The van der Waals surface area contributed by atoms with Gasteiger partial charge in [-0.1, -0.05) is 18.9 Å². The topological polar surface area (TPSA) is 77.0 Å². The predicted molar refractivity (Wildman–Crippen MR) is 70.7 cm³/mol. The maximum atomic E-state index is 12.6. The number of hydrogen-bond donors (Lipinski definition) is 1. The van der Waals surface area contributed by atoms with E-state index in [9.17, 15) is 13.2 Å². The average Bonchev–Trinajstić information content (AvgIpc) is 3.03. The number of halogens is 3. The Hall–Kier alpha value is -2.58. The summed E-state index contributed by atoms with van der Waals surface area (Å²) in [6.45, 7) is 3.77. The van der Waals surface area contributed by atoms with Crippen molar-refractivity contribution < 1.29 is 22.0 Å². The number of nitrogens with one attached hydrogen (secondary N) is 1. The minimum absolute atomic E-state index is 0.0201. The first-order valence-electron chi connectivity index (χ1n) is 6.41. The first-order valence-corrected chi connectivity index (χ1v) is 6.41. The largest absolute Gasteiger partial charge is 0.423 e. The fourth-order valence-corrected chi connectivity index (χ4v) is 1.77. The van der Waals surface area contributed by atoms with Crippen LogP contribution in [-0.2, 0) is 6.18 Å². The van der Waals surface area contributed by atoms with E-state index in [1.807, 2.05) is 13.8 Å². The van der Waals surface area contributed by atoms with Crippen molar-refractivity contribution in [2.45, 2.75) is 25.9 Å². The average molecular weight is 312 g/mol. The van der Waals surface area contributed by atoms with Gasteiger partial charge in [-0.15, -0.1) is 5.10 Å². The summed E-state index contributed by atoms with van der Waals surface area (Å²) in [7, 11) is 0. The van der Waals surface area contributed by atoms with Gasteiger partial charge >= 0.3 is 18.2 Å². The van der Waals surface area contributed by atoms with Crippen LogP contribution in [0.25, 0.3) is 11.1 Å². The lowest BCUT2D eigenvalue weighted by Crippen LogP contribution is -2.03. The number of anilines is 2. The van der Waals surface area contributed by atoms with Gasteiger partial charge in [-0.25, -0.2) is 0 Å². The highest BCUT2D eigenvalue weighted by Gasteiger charge is 2.31. The van der Waals surface area contributed by atoms with Gasteiger partial charge in [0.25, 0.3) is 0 Å². The van der Waals surface area contributed by atoms with Gasteiger partial charge in [-0.2, -0.15) is 18.2 Å². The van der Waals surface area contributed by atoms with Crippen LogP contribution in [0.2, 0.25) is 0 Å². The molecule has 2 heterocycles. The summed E-state index contributed by atoms with van der Waals surface area (Å²) in [5.41, 5.74) is -0.486. The van der Waals surface area contributed by atoms with E-state index in [0.29, 0.717) is 5.89 Å². The molecule has 1 aromatic carbocycles. The number of benzene rings is 1. The molecule has 0 fully saturated rings. The van der Waals surface area contributed by atoms with Crippen LogP contribution >= 0.6 is 0 Å². The maximum absolute atomic E-state index is 12.6. The molecular weight excluding hydrogens is 301 g/mol. The van der Waals surface area contributed by atoms with Gasteiger partial charge in [0.1, 0.15) is 5.52 Å².